The van der Waals surface area contributed by atoms with Gasteiger partial charge in [-0.3, -0.25) is 4.99 Å². The van der Waals surface area contributed by atoms with Crippen LogP contribution in [-0.2, 0) is 0 Å². The topological polar surface area (TPSA) is 12.4 Å². The Hall–Kier alpha value is -0.590. The highest BCUT2D eigenvalue weighted by Crippen LogP contribution is 1.47. The summed E-state index contributed by atoms with van der Waals surface area (Å²) >= 11 is 0. The molecule has 0 unspecified atom stereocenters. The van der Waals surface area contributed by atoms with Gasteiger partial charge in [-0.25, -0.2) is 0 Å². The molecule has 0 atom stereocenters. The first-order chi connectivity index (χ1) is 1.91. The summed E-state index contributed by atoms with van der Waals surface area (Å²) in [5.41, 5.74) is 0. The molecular weight excluding hydrogens is 50.0 g/mol. The minimum absolute atomic E-state index is 2.08. The van der Waals surface area contributed by atoms with E-state index in [1.165, 1.54) is 0 Å². The van der Waals surface area contributed by atoms with Crippen LogP contribution in [0.4, 0.5) is 0 Å². The van der Waals surface area contributed by atoms with Gasteiger partial charge >= 0.3 is 0 Å². The lowest BCUT2D eigenvalue weighted by atomic mass is 11.1. The van der Waals surface area contributed by atoms with Crippen molar-refractivity contribution in [3.05, 3.63) is 12.8 Å². The monoisotopic (exact) mass is 53.0 g/mol. The molecule has 0 aliphatic rings. The lowest BCUT2D eigenvalue weighted by Gasteiger charge is -1.45. The number of aliphatic imine (C=N–C) groups is 1. The Morgan fingerprint density at radius 2 is 2.25 bits per heavy atom. The van der Waals surface area contributed by atoms with Gasteiger partial charge in [-0.05, 0) is 0 Å². The number of rotatable bonds is 1. The summed E-state index contributed by atoms with van der Waals surface area (Å²) in [6, 6.07) is 0. The van der Waals surface area contributed by atoms with E-state index < -0.39 is 0 Å². The molecule has 20 valence electrons. The molecule has 0 amide bonds. The maximum atomic E-state index is 4.48. The van der Waals surface area contributed by atoms with Crippen molar-refractivity contribution < 1.29 is 0 Å². The highest BCUT2D eigenvalue weighted by Gasteiger charge is 1.31. The molecule has 0 N–H and O–H groups in total. The van der Waals surface area contributed by atoms with Crippen molar-refractivity contribution in [1.82, 2.24) is 0 Å². The van der Waals surface area contributed by atoms with Crippen LogP contribution in [0.2, 0.25) is 0 Å². The highest BCUT2D eigenvalue weighted by atomic mass is 14.6. The molecule has 0 aromatic heterocycles. The second-order valence-electron chi connectivity index (χ2n) is 0.287. The Labute approximate surface area is 25.7 Å². The molecule has 0 aliphatic heterocycles. The number of hydrogen-bond donors (Lipinski definition) is 0. The quantitative estimate of drug-likeness (QED) is 0.386. The van der Waals surface area contributed by atoms with Crippen LogP contribution in [0.3, 0.4) is 0 Å². The largest absolute Gasteiger partial charge is 0.254 e. The molecule has 0 saturated heterocycles. The van der Waals surface area contributed by atoms with Gasteiger partial charge in [-0.2, -0.15) is 0 Å². The van der Waals surface area contributed by atoms with E-state index >= 15 is 0 Å². The lowest BCUT2D eigenvalue weighted by molar-refractivity contribution is 1.57. The van der Waals surface area contributed by atoms with E-state index in [9.17, 15) is 0 Å². The fourth-order valence-electron chi connectivity index (χ4n) is 0. The van der Waals surface area contributed by atoms with Crippen LogP contribution >= 0.6 is 0 Å². The van der Waals surface area contributed by atoms with Gasteiger partial charge < -0.3 is 0 Å². The average molecular weight is 53.1 g/mol. The van der Waals surface area contributed by atoms with Crippen LogP contribution in [0.25, 0.3) is 0 Å². The maximum absolute atomic E-state index is 4.48. The minimum Gasteiger partial charge on any atom is -0.254 e. The third-order valence-electron chi connectivity index (χ3n) is 0.0913. The summed E-state index contributed by atoms with van der Waals surface area (Å²) in [5, 5.41) is 0. The summed E-state index contributed by atoms with van der Waals surface area (Å²) in [7, 11) is 0. The van der Waals surface area contributed by atoms with E-state index in [-0.39, 0.29) is 0 Å². The first-order valence-corrected chi connectivity index (χ1v) is 0.835. The Morgan fingerprint density at radius 3 is 2.25 bits per heavy atom. The molecule has 0 fully saturated rings. The van der Waals surface area contributed by atoms with Gasteiger partial charge in [0.25, 0.3) is 0 Å². The van der Waals surface area contributed by atoms with Crippen molar-refractivity contribution >= 4 is 6.72 Å². The normalized spacial score (nSPS) is 5.00. The summed E-state index contributed by atoms with van der Waals surface area (Å²) in [6.07, 6.45) is 2.08. The molecule has 0 aromatic carbocycles. The zero-order valence-electron chi connectivity index (χ0n) is 2.23. The van der Waals surface area contributed by atoms with Crippen molar-refractivity contribution in [2.45, 2.75) is 0 Å². The summed E-state index contributed by atoms with van der Waals surface area (Å²) in [4.78, 5) is 2.88. The maximum Gasteiger partial charge on any atom is 0.0809 e. The molecule has 4 heavy (non-hydrogen) atoms. The van der Waals surface area contributed by atoms with E-state index in [2.05, 4.69) is 24.5 Å². The van der Waals surface area contributed by atoms with E-state index in [0.29, 0.717) is 0 Å². The number of nitrogens with zero attached hydrogens (tertiary/aromatic N) is 1. The molecule has 2 radical (unpaired) electrons. The van der Waals surface area contributed by atoms with Crippen LogP contribution in [0.5, 0.6) is 0 Å². The van der Waals surface area contributed by atoms with Crippen molar-refractivity contribution in [3.63, 3.8) is 0 Å². The predicted molar refractivity (Wildman–Crippen MR) is 17.4 cm³/mol. The van der Waals surface area contributed by atoms with Crippen LogP contribution in [0.15, 0.2) is 11.6 Å². The van der Waals surface area contributed by atoms with Crippen LogP contribution in [0.1, 0.15) is 0 Å². The zero-order valence-corrected chi connectivity index (χ0v) is 2.23. The lowest BCUT2D eigenvalue weighted by Crippen LogP contribution is -1.29. The fraction of sp³-hybridized carbons (Fsp3) is 0. The Morgan fingerprint density at radius 1 is 2.00 bits per heavy atom. The first kappa shape index (κ1) is 3.41. The number of hydrogen-bond acceptors (Lipinski definition) is 1. The minimum atomic E-state index is 2.08. The molecule has 1 nitrogen and oxygen atoms in total. The molecule has 0 saturated carbocycles. The van der Waals surface area contributed by atoms with Crippen molar-refractivity contribution in [2.75, 3.05) is 0 Å². The Balaban J connectivity index is 2.73. The van der Waals surface area contributed by atoms with Crippen LogP contribution in [-0.4, -0.2) is 6.72 Å². The van der Waals surface area contributed by atoms with Gasteiger partial charge in [0, 0.05) is 6.72 Å². The smallest absolute Gasteiger partial charge is 0.0809 e. The standard InChI is InChI=1S/C3H3N/c1-3-4-2/h2H,1H2. The Bertz CT molecular complexity index is 24.3. The molecule has 0 bridgehead atoms. The highest BCUT2D eigenvalue weighted by molar-refractivity contribution is 5.23. The van der Waals surface area contributed by atoms with Crippen LogP contribution in [0, 0.1) is 6.20 Å². The molecule has 0 rings (SSSR count). The Kier molecular flexibility index (Phi) is 2.05. The molecule has 0 aromatic rings. The summed E-state index contributed by atoms with van der Waals surface area (Å²) < 4.78 is 0. The second kappa shape index (κ2) is 2.41. The van der Waals surface area contributed by atoms with Crippen LogP contribution < -0.4 is 0 Å². The molecule has 0 spiro atoms. The summed E-state index contributed by atoms with van der Waals surface area (Å²) in [5.74, 6) is 0. The fourth-order valence-corrected chi connectivity index (χ4v) is 0. The van der Waals surface area contributed by atoms with Gasteiger partial charge in [-0.1, -0.05) is 6.58 Å². The van der Waals surface area contributed by atoms with Gasteiger partial charge in [-0.15, -0.1) is 0 Å². The van der Waals surface area contributed by atoms with Gasteiger partial charge in [0.05, 0.1) is 6.20 Å². The van der Waals surface area contributed by atoms with E-state index in [0.717, 1.165) is 0 Å². The van der Waals surface area contributed by atoms with Crippen molar-refractivity contribution in [2.24, 2.45) is 4.99 Å². The van der Waals surface area contributed by atoms with Gasteiger partial charge in [0.1, 0.15) is 0 Å². The molecular formula is C3H3N. The summed E-state index contributed by atoms with van der Waals surface area (Å²) in [6.45, 7) is 7.54. The van der Waals surface area contributed by atoms with E-state index in [1.54, 1.807) is 0 Å². The second-order valence-corrected chi connectivity index (χ2v) is 0.287. The van der Waals surface area contributed by atoms with Gasteiger partial charge in [0.2, 0.25) is 0 Å². The average Bonchev–Trinajstić information content (AvgIpc) is 1.37. The van der Waals surface area contributed by atoms with Gasteiger partial charge in [0.15, 0.2) is 0 Å². The molecule has 0 aliphatic carbocycles. The van der Waals surface area contributed by atoms with E-state index in [4.69, 9.17) is 0 Å². The van der Waals surface area contributed by atoms with Crippen molar-refractivity contribution in [1.29, 1.82) is 0 Å². The zero-order chi connectivity index (χ0) is 3.41. The first-order valence-electron chi connectivity index (χ1n) is 0.835. The SMILES string of the molecule is [CH]=N[C]=C. The van der Waals surface area contributed by atoms with E-state index in [1.807, 2.05) is 0 Å². The predicted octanol–water partition coefficient (Wildman–Crippen LogP) is 0.511. The third kappa shape index (κ3) is 1.41. The molecule has 1 heteroatoms. The third-order valence-corrected chi connectivity index (χ3v) is 0.0913. The van der Waals surface area contributed by atoms with Crippen molar-refractivity contribution in [3.8, 4) is 0 Å². The molecule has 0 heterocycles.